The Bertz CT molecular complexity index is 1700. The molecule has 0 saturated carbocycles. The molecule has 0 saturated heterocycles. The van der Waals surface area contributed by atoms with Gasteiger partial charge in [0.2, 0.25) is 11.9 Å². The summed E-state index contributed by atoms with van der Waals surface area (Å²) in [4.78, 5) is 33.1. The molecule has 0 aliphatic heterocycles. The summed E-state index contributed by atoms with van der Waals surface area (Å²) in [5, 5.41) is 3.39. The third kappa shape index (κ3) is 6.82. The summed E-state index contributed by atoms with van der Waals surface area (Å²) in [6, 6.07) is 22.7. The molecule has 5 aromatic rings. The molecule has 2 heterocycles. The molecule has 0 aliphatic rings. The Hall–Kier alpha value is -5.22. The van der Waals surface area contributed by atoms with Crippen LogP contribution in [0.4, 0.5) is 5.95 Å². The second-order valence-corrected chi connectivity index (χ2v) is 9.82. The van der Waals surface area contributed by atoms with Gasteiger partial charge in [-0.05, 0) is 72.8 Å². The highest BCUT2D eigenvalue weighted by molar-refractivity contribution is 6.30. The van der Waals surface area contributed by atoms with E-state index < -0.39 is 5.91 Å². The molecule has 0 aliphatic carbocycles. The lowest BCUT2D eigenvalue weighted by Crippen LogP contribution is -2.37. The Morgan fingerprint density at radius 2 is 1.67 bits per heavy atom. The molecule has 0 unspecified atom stereocenters. The summed E-state index contributed by atoms with van der Waals surface area (Å²) in [5.41, 5.74) is 2.48. The zero-order chi connectivity index (χ0) is 30.3. The number of carbonyl (C=O) groups is 2. The molecule has 0 atom stereocenters. The Morgan fingerprint density at radius 3 is 2.33 bits per heavy atom. The highest BCUT2D eigenvalue weighted by atomic mass is 35.5. The van der Waals surface area contributed by atoms with Crippen molar-refractivity contribution >= 4 is 29.4 Å². The third-order valence-electron chi connectivity index (χ3n) is 6.63. The number of methoxy groups -OCH3 is 3. The molecule has 1 N–H and O–H groups in total. The maximum atomic E-state index is 13.5. The number of nitrogens with zero attached hydrogens (tertiary/aromatic N) is 3. The number of imidazole rings is 1. The topological polar surface area (TPSA) is 108 Å². The van der Waals surface area contributed by atoms with Gasteiger partial charge in [-0.3, -0.25) is 19.5 Å². The summed E-state index contributed by atoms with van der Waals surface area (Å²) in [7, 11) is 4.70. The van der Waals surface area contributed by atoms with Gasteiger partial charge in [0.1, 0.15) is 18.1 Å². The number of anilines is 1. The average molecular weight is 601 g/mol. The highest BCUT2D eigenvalue weighted by Crippen LogP contribution is 2.32. The number of halogens is 1. The third-order valence-corrected chi connectivity index (χ3v) is 6.88. The van der Waals surface area contributed by atoms with Crippen molar-refractivity contribution in [2.24, 2.45) is 0 Å². The number of amides is 2. The zero-order valence-corrected chi connectivity index (χ0v) is 24.5. The number of hydrogen-bond donors (Lipinski definition) is 1. The summed E-state index contributed by atoms with van der Waals surface area (Å²) in [6.45, 7) is -0.179. The molecule has 10 nitrogen and oxygen atoms in total. The van der Waals surface area contributed by atoms with E-state index >= 15 is 0 Å². The van der Waals surface area contributed by atoms with Crippen LogP contribution < -0.4 is 19.5 Å². The summed E-state index contributed by atoms with van der Waals surface area (Å²) in [5.74, 6) is 1.74. The Balaban J connectivity index is 1.47. The van der Waals surface area contributed by atoms with Gasteiger partial charge in [-0.15, -0.1) is 0 Å². The molecular weight excluding hydrogens is 572 g/mol. The van der Waals surface area contributed by atoms with Crippen LogP contribution in [-0.2, 0) is 11.3 Å². The number of hydrogen-bond acceptors (Lipinski definition) is 7. The Kier molecular flexibility index (Phi) is 8.97. The van der Waals surface area contributed by atoms with Crippen molar-refractivity contribution < 1.29 is 28.2 Å². The number of ether oxygens (including phenoxy) is 3. The van der Waals surface area contributed by atoms with E-state index in [0.29, 0.717) is 45.0 Å². The number of carbonyl (C=O) groups excluding carboxylic acids is 2. The second kappa shape index (κ2) is 13.2. The largest absolute Gasteiger partial charge is 0.497 e. The second-order valence-electron chi connectivity index (χ2n) is 9.38. The molecule has 0 radical (unpaired) electrons. The summed E-state index contributed by atoms with van der Waals surface area (Å²) in [6.07, 6.45) is 3.32. The van der Waals surface area contributed by atoms with Gasteiger partial charge >= 0.3 is 0 Å². The lowest BCUT2D eigenvalue weighted by atomic mass is 10.1. The predicted octanol–water partition coefficient (Wildman–Crippen LogP) is 6.09. The van der Waals surface area contributed by atoms with Crippen LogP contribution in [0.3, 0.4) is 0 Å². The van der Waals surface area contributed by atoms with Crippen LogP contribution in [0, 0.1) is 0 Å². The SMILES string of the molecule is COc1ccc(-c2cn(-c3ccc(OC)c(OC)c3)c(NC(=O)CN(Cc3ccco3)C(=O)c3ccc(Cl)cc3)n2)cc1. The van der Waals surface area contributed by atoms with Gasteiger partial charge in [0.05, 0.1) is 45.5 Å². The lowest BCUT2D eigenvalue weighted by Gasteiger charge is -2.21. The normalized spacial score (nSPS) is 10.7. The molecule has 0 bridgehead atoms. The predicted molar refractivity (Wildman–Crippen MR) is 162 cm³/mol. The minimum absolute atomic E-state index is 0.0864. The average Bonchev–Trinajstić information content (AvgIpc) is 3.70. The smallest absolute Gasteiger partial charge is 0.254 e. The van der Waals surface area contributed by atoms with E-state index in [4.69, 9.17) is 35.2 Å². The van der Waals surface area contributed by atoms with Crippen LogP contribution >= 0.6 is 11.6 Å². The van der Waals surface area contributed by atoms with Crippen LogP contribution in [0.5, 0.6) is 17.2 Å². The minimum atomic E-state index is -0.456. The highest BCUT2D eigenvalue weighted by Gasteiger charge is 2.22. The fraction of sp³-hybridized carbons (Fsp3) is 0.156. The first-order valence-electron chi connectivity index (χ1n) is 13.2. The van der Waals surface area contributed by atoms with E-state index in [0.717, 1.165) is 5.56 Å². The van der Waals surface area contributed by atoms with Crippen molar-refractivity contribution in [2.75, 3.05) is 33.2 Å². The maximum absolute atomic E-state index is 13.5. The van der Waals surface area contributed by atoms with Crippen LogP contribution in [0.1, 0.15) is 16.1 Å². The van der Waals surface area contributed by atoms with Crippen LogP contribution in [0.2, 0.25) is 5.02 Å². The van der Waals surface area contributed by atoms with Gasteiger partial charge in [0.25, 0.3) is 5.91 Å². The van der Waals surface area contributed by atoms with E-state index in [9.17, 15) is 9.59 Å². The number of rotatable bonds is 11. The van der Waals surface area contributed by atoms with Gasteiger partial charge in [-0.2, -0.15) is 0 Å². The Labute approximate surface area is 253 Å². The fourth-order valence-electron chi connectivity index (χ4n) is 4.44. The van der Waals surface area contributed by atoms with E-state index in [-0.39, 0.29) is 24.9 Å². The first-order valence-corrected chi connectivity index (χ1v) is 13.6. The van der Waals surface area contributed by atoms with E-state index in [2.05, 4.69) is 5.32 Å². The standard InChI is InChI=1S/C32H29ClN4O6/c1-40-25-13-8-21(9-14-25)27-19-37(24-12-15-28(41-2)29(17-24)42-3)32(34-27)35-30(38)20-36(18-26-5-4-16-43-26)31(39)22-6-10-23(33)11-7-22/h4-17,19H,18,20H2,1-3H3,(H,34,35,38). The van der Waals surface area contributed by atoms with Gasteiger partial charge < -0.3 is 23.5 Å². The number of furan rings is 1. The summed E-state index contributed by atoms with van der Waals surface area (Å²) < 4.78 is 23.4. The van der Waals surface area contributed by atoms with Crippen molar-refractivity contribution in [3.8, 4) is 34.2 Å². The molecule has 11 heteroatoms. The van der Waals surface area contributed by atoms with Gasteiger partial charge in [0.15, 0.2) is 11.5 Å². The van der Waals surface area contributed by atoms with Crippen molar-refractivity contribution in [1.82, 2.24) is 14.5 Å². The summed E-state index contributed by atoms with van der Waals surface area (Å²) >= 11 is 6.01. The van der Waals surface area contributed by atoms with E-state index in [1.165, 1.54) is 11.2 Å². The molecular formula is C32H29ClN4O6. The van der Waals surface area contributed by atoms with Crippen LogP contribution in [0.15, 0.2) is 95.7 Å². The molecule has 220 valence electrons. The molecule has 0 spiro atoms. The zero-order valence-electron chi connectivity index (χ0n) is 23.7. The van der Waals surface area contributed by atoms with Gasteiger partial charge in [-0.25, -0.2) is 4.98 Å². The van der Waals surface area contributed by atoms with Gasteiger partial charge in [0, 0.05) is 28.4 Å². The lowest BCUT2D eigenvalue weighted by molar-refractivity contribution is -0.117. The number of benzene rings is 3. The maximum Gasteiger partial charge on any atom is 0.254 e. The van der Waals surface area contributed by atoms with Crippen molar-refractivity contribution in [2.45, 2.75) is 6.54 Å². The molecule has 5 rings (SSSR count). The molecule has 2 amide bonds. The Morgan fingerprint density at radius 1 is 0.930 bits per heavy atom. The quantitative estimate of drug-likeness (QED) is 0.195. The van der Waals surface area contributed by atoms with Crippen molar-refractivity contribution in [3.05, 3.63) is 108 Å². The van der Waals surface area contributed by atoms with Crippen LogP contribution in [0.25, 0.3) is 16.9 Å². The van der Waals surface area contributed by atoms with Gasteiger partial charge in [-0.1, -0.05) is 11.6 Å². The first-order chi connectivity index (χ1) is 20.9. The van der Waals surface area contributed by atoms with Crippen molar-refractivity contribution in [1.29, 1.82) is 0 Å². The molecule has 43 heavy (non-hydrogen) atoms. The first kappa shape index (κ1) is 29.3. The fourth-order valence-corrected chi connectivity index (χ4v) is 4.57. The minimum Gasteiger partial charge on any atom is -0.497 e. The van der Waals surface area contributed by atoms with E-state index in [1.807, 2.05) is 30.3 Å². The van der Waals surface area contributed by atoms with Crippen molar-refractivity contribution in [3.63, 3.8) is 0 Å². The number of aromatic nitrogens is 2. The molecule has 2 aromatic heterocycles. The monoisotopic (exact) mass is 600 g/mol. The van der Waals surface area contributed by atoms with Crippen LogP contribution in [-0.4, -0.2) is 54.1 Å². The number of nitrogens with one attached hydrogen (secondary N) is 1. The van der Waals surface area contributed by atoms with E-state index in [1.54, 1.807) is 80.6 Å². The molecule has 3 aromatic carbocycles. The molecule has 0 fully saturated rings.